The molecule has 0 aliphatic rings. The van der Waals surface area contributed by atoms with Gasteiger partial charge in [-0.2, -0.15) is 5.26 Å². The number of rotatable bonds is 2. The highest BCUT2D eigenvalue weighted by Crippen LogP contribution is 2.23. The van der Waals surface area contributed by atoms with Crippen molar-refractivity contribution in [1.29, 1.82) is 5.26 Å². The van der Waals surface area contributed by atoms with E-state index >= 15 is 0 Å². The summed E-state index contributed by atoms with van der Waals surface area (Å²) in [7, 11) is 0. The summed E-state index contributed by atoms with van der Waals surface area (Å²) in [4.78, 5) is 12.2. The SMILES string of the molecule is N#Cc1ccc(Br)cc1NC(=O)c1cc(Cl)cc(Br)c1. The van der Waals surface area contributed by atoms with E-state index in [1.54, 1.807) is 36.4 Å². The number of anilines is 1. The quantitative estimate of drug-likeness (QED) is 0.753. The van der Waals surface area contributed by atoms with Crippen molar-refractivity contribution < 1.29 is 4.79 Å². The van der Waals surface area contributed by atoms with Gasteiger partial charge in [-0.05, 0) is 36.4 Å². The van der Waals surface area contributed by atoms with Gasteiger partial charge in [0.2, 0.25) is 0 Å². The van der Waals surface area contributed by atoms with E-state index in [4.69, 9.17) is 16.9 Å². The molecule has 0 heterocycles. The van der Waals surface area contributed by atoms with Crippen molar-refractivity contribution in [3.63, 3.8) is 0 Å². The van der Waals surface area contributed by atoms with Gasteiger partial charge < -0.3 is 5.32 Å². The number of carbonyl (C=O) groups excluding carboxylic acids is 1. The fourth-order valence-corrected chi connectivity index (χ4v) is 2.82. The van der Waals surface area contributed by atoms with Gasteiger partial charge in [-0.3, -0.25) is 4.79 Å². The maximum Gasteiger partial charge on any atom is 0.255 e. The molecular weight excluding hydrogens is 407 g/mol. The highest BCUT2D eigenvalue weighted by atomic mass is 79.9. The summed E-state index contributed by atoms with van der Waals surface area (Å²) < 4.78 is 1.49. The van der Waals surface area contributed by atoms with E-state index in [0.29, 0.717) is 26.3 Å². The molecule has 0 saturated heterocycles. The van der Waals surface area contributed by atoms with Crippen molar-refractivity contribution in [2.75, 3.05) is 5.32 Å². The zero-order valence-electron chi connectivity index (χ0n) is 9.95. The minimum Gasteiger partial charge on any atom is -0.321 e. The summed E-state index contributed by atoms with van der Waals surface area (Å²) in [6.07, 6.45) is 0. The van der Waals surface area contributed by atoms with Crippen LogP contribution in [0.25, 0.3) is 0 Å². The Kier molecular flexibility index (Phi) is 4.81. The van der Waals surface area contributed by atoms with E-state index in [9.17, 15) is 4.79 Å². The van der Waals surface area contributed by atoms with Crippen LogP contribution in [0.5, 0.6) is 0 Å². The van der Waals surface area contributed by atoms with Crippen molar-refractivity contribution in [3.8, 4) is 6.07 Å². The van der Waals surface area contributed by atoms with Gasteiger partial charge >= 0.3 is 0 Å². The molecule has 100 valence electrons. The molecule has 0 bridgehead atoms. The third-order valence-corrected chi connectivity index (χ3v) is 3.64. The Morgan fingerprint density at radius 3 is 2.55 bits per heavy atom. The van der Waals surface area contributed by atoms with Crippen LogP contribution in [0, 0.1) is 11.3 Å². The zero-order chi connectivity index (χ0) is 14.7. The van der Waals surface area contributed by atoms with Crippen LogP contribution in [-0.4, -0.2) is 5.91 Å². The van der Waals surface area contributed by atoms with Gasteiger partial charge in [0.05, 0.1) is 11.3 Å². The smallest absolute Gasteiger partial charge is 0.255 e. The molecule has 0 fully saturated rings. The Morgan fingerprint density at radius 2 is 1.90 bits per heavy atom. The molecule has 0 radical (unpaired) electrons. The van der Waals surface area contributed by atoms with Gasteiger partial charge in [0, 0.05) is 19.5 Å². The lowest BCUT2D eigenvalue weighted by Crippen LogP contribution is -2.13. The van der Waals surface area contributed by atoms with Crippen molar-refractivity contribution in [3.05, 3.63) is 61.5 Å². The van der Waals surface area contributed by atoms with Crippen molar-refractivity contribution in [2.45, 2.75) is 0 Å². The van der Waals surface area contributed by atoms with Crippen LogP contribution in [0.4, 0.5) is 5.69 Å². The molecule has 6 heteroatoms. The second-order valence-electron chi connectivity index (χ2n) is 3.91. The molecule has 0 aliphatic carbocycles. The summed E-state index contributed by atoms with van der Waals surface area (Å²) in [5, 5.41) is 12.2. The van der Waals surface area contributed by atoms with E-state index in [0.717, 1.165) is 4.47 Å². The molecule has 2 aromatic carbocycles. The molecule has 0 unspecified atom stereocenters. The number of halogens is 3. The molecule has 0 aliphatic heterocycles. The highest BCUT2D eigenvalue weighted by Gasteiger charge is 2.11. The first-order chi connectivity index (χ1) is 9.49. The first-order valence-electron chi connectivity index (χ1n) is 5.46. The maximum atomic E-state index is 12.2. The Labute approximate surface area is 137 Å². The van der Waals surface area contributed by atoms with Crippen LogP contribution >= 0.6 is 43.5 Å². The molecule has 2 rings (SSSR count). The van der Waals surface area contributed by atoms with Gasteiger partial charge in [-0.15, -0.1) is 0 Å². The lowest BCUT2D eigenvalue weighted by Gasteiger charge is -2.08. The van der Waals surface area contributed by atoms with Gasteiger partial charge in [0.25, 0.3) is 5.91 Å². The average molecular weight is 414 g/mol. The van der Waals surface area contributed by atoms with Crippen LogP contribution in [-0.2, 0) is 0 Å². The molecule has 1 N–H and O–H groups in total. The number of nitriles is 1. The van der Waals surface area contributed by atoms with Gasteiger partial charge in [0.1, 0.15) is 6.07 Å². The van der Waals surface area contributed by atoms with E-state index in [1.807, 2.05) is 6.07 Å². The standard InChI is InChI=1S/C14H7Br2ClN2O/c15-10-2-1-8(7-18)13(6-10)19-14(20)9-3-11(16)5-12(17)4-9/h1-6H,(H,19,20). The normalized spacial score (nSPS) is 9.90. The van der Waals surface area contributed by atoms with Crippen LogP contribution < -0.4 is 5.32 Å². The van der Waals surface area contributed by atoms with Gasteiger partial charge in [-0.1, -0.05) is 43.5 Å². The fourth-order valence-electron chi connectivity index (χ4n) is 1.60. The first-order valence-corrected chi connectivity index (χ1v) is 7.43. The molecular formula is C14H7Br2ClN2O. The van der Waals surface area contributed by atoms with E-state index in [1.165, 1.54) is 0 Å². The number of carbonyl (C=O) groups is 1. The molecule has 0 atom stereocenters. The monoisotopic (exact) mass is 412 g/mol. The highest BCUT2D eigenvalue weighted by molar-refractivity contribution is 9.10. The number of hydrogen-bond donors (Lipinski definition) is 1. The molecule has 0 saturated carbocycles. The Morgan fingerprint density at radius 1 is 1.15 bits per heavy atom. The number of benzene rings is 2. The molecule has 0 aromatic heterocycles. The largest absolute Gasteiger partial charge is 0.321 e. The third kappa shape index (κ3) is 3.60. The van der Waals surface area contributed by atoms with Crippen molar-refractivity contribution in [1.82, 2.24) is 0 Å². The fraction of sp³-hybridized carbons (Fsp3) is 0. The number of nitrogens with one attached hydrogen (secondary N) is 1. The maximum absolute atomic E-state index is 12.2. The van der Waals surface area contributed by atoms with Crippen LogP contribution in [0.2, 0.25) is 5.02 Å². The summed E-state index contributed by atoms with van der Waals surface area (Å²) in [6.45, 7) is 0. The summed E-state index contributed by atoms with van der Waals surface area (Å²) >= 11 is 12.5. The van der Waals surface area contributed by atoms with Gasteiger partial charge in [0.15, 0.2) is 0 Å². The predicted octanol–water partition coefficient (Wildman–Crippen LogP) is 4.99. The summed E-state index contributed by atoms with van der Waals surface area (Å²) in [5.41, 5.74) is 1.25. The van der Waals surface area contributed by atoms with E-state index in [2.05, 4.69) is 37.2 Å². The Hall–Kier alpha value is -1.35. The van der Waals surface area contributed by atoms with Crippen LogP contribution in [0.3, 0.4) is 0 Å². The van der Waals surface area contributed by atoms with Crippen molar-refractivity contribution in [2.24, 2.45) is 0 Å². The summed E-state index contributed by atoms with van der Waals surface area (Å²) in [5.74, 6) is -0.331. The molecule has 1 amide bonds. The minimum atomic E-state index is -0.331. The Bertz CT molecular complexity index is 705. The lowest BCUT2D eigenvalue weighted by molar-refractivity contribution is 0.102. The molecule has 2 aromatic rings. The number of amides is 1. The van der Waals surface area contributed by atoms with E-state index < -0.39 is 0 Å². The summed E-state index contributed by atoms with van der Waals surface area (Å²) in [6, 6.07) is 12.0. The van der Waals surface area contributed by atoms with Crippen LogP contribution in [0.15, 0.2) is 45.3 Å². The molecule has 3 nitrogen and oxygen atoms in total. The number of hydrogen-bond acceptors (Lipinski definition) is 2. The number of nitrogens with zero attached hydrogens (tertiary/aromatic N) is 1. The minimum absolute atomic E-state index is 0.331. The van der Waals surface area contributed by atoms with Crippen LogP contribution in [0.1, 0.15) is 15.9 Å². The van der Waals surface area contributed by atoms with E-state index in [-0.39, 0.29) is 5.91 Å². The third-order valence-electron chi connectivity index (χ3n) is 2.48. The first kappa shape index (κ1) is 15.0. The topological polar surface area (TPSA) is 52.9 Å². The predicted molar refractivity (Wildman–Crippen MR) is 86.0 cm³/mol. The molecule has 0 spiro atoms. The Balaban J connectivity index is 2.32. The second kappa shape index (κ2) is 6.40. The van der Waals surface area contributed by atoms with Crippen molar-refractivity contribution >= 4 is 55.1 Å². The lowest BCUT2D eigenvalue weighted by atomic mass is 10.1. The molecule has 20 heavy (non-hydrogen) atoms. The zero-order valence-corrected chi connectivity index (χ0v) is 13.9. The second-order valence-corrected chi connectivity index (χ2v) is 6.18. The average Bonchev–Trinajstić information content (AvgIpc) is 2.37. The van der Waals surface area contributed by atoms with Gasteiger partial charge in [-0.25, -0.2) is 0 Å².